The van der Waals surface area contributed by atoms with E-state index in [1.807, 2.05) is 26.0 Å². The van der Waals surface area contributed by atoms with Gasteiger partial charge in [0.25, 0.3) is 0 Å². The van der Waals surface area contributed by atoms with Crippen LogP contribution in [0.3, 0.4) is 0 Å². The van der Waals surface area contributed by atoms with Gasteiger partial charge in [-0.2, -0.15) is 16.9 Å². The molecule has 2 amide bonds. The lowest BCUT2D eigenvalue weighted by atomic mass is 10.1. The zero-order chi connectivity index (χ0) is 18.7. The van der Waals surface area contributed by atoms with E-state index in [0.29, 0.717) is 12.2 Å². The minimum absolute atomic E-state index is 0.0356. The van der Waals surface area contributed by atoms with Crippen molar-refractivity contribution in [3.8, 4) is 5.69 Å². The molecule has 1 aromatic heterocycles. The molecule has 0 saturated heterocycles. The van der Waals surface area contributed by atoms with E-state index in [0.717, 1.165) is 39.6 Å². The number of hydrogen-bond donors (Lipinski definition) is 3. The minimum atomic E-state index is -0.728. The molecule has 0 atom stereocenters. The Kier molecular flexibility index (Phi) is 5.63. The Balaban J connectivity index is 1.89. The predicted molar refractivity (Wildman–Crippen MR) is 101 cm³/mol. The van der Waals surface area contributed by atoms with Gasteiger partial charge in [-0.3, -0.25) is 9.59 Å². The first-order chi connectivity index (χ1) is 12.5. The fraction of sp³-hybridized carbons (Fsp3) is 0.389. The first-order valence-corrected chi connectivity index (χ1v) is 9.63. The standard InChI is InChI=1S/C18H22N4O3S/c1-11-4-5-15(12(2)8-11)22-16(13-9-26-10-14(13)21-22)20-18(25)17(24)19-6-3-7-23/h4-5,8,23H,3,6-7,9-10H2,1-2H3,(H,19,24)(H,20,25). The van der Waals surface area contributed by atoms with Crippen LogP contribution < -0.4 is 10.6 Å². The molecule has 3 rings (SSSR count). The maximum atomic E-state index is 12.3. The molecule has 1 aliphatic rings. The van der Waals surface area contributed by atoms with E-state index >= 15 is 0 Å². The number of rotatable bonds is 5. The van der Waals surface area contributed by atoms with Gasteiger partial charge in [-0.1, -0.05) is 17.7 Å². The number of nitrogens with one attached hydrogen (secondary N) is 2. The fourth-order valence-corrected chi connectivity index (χ4v) is 3.92. The first-order valence-electron chi connectivity index (χ1n) is 8.47. The van der Waals surface area contributed by atoms with Gasteiger partial charge in [-0.05, 0) is 31.9 Å². The third-order valence-electron chi connectivity index (χ3n) is 4.19. The molecular weight excluding hydrogens is 352 g/mol. The number of aryl methyl sites for hydroxylation is 2. The summed E-state index contributed by atoms with van der Waals surface area (Å²) < 4.78 is 1.72. The van der Waals surface area contributed by atoms with Gasteiger partial charge in [0.15, 0.2) is 0 Å². The Labute approximate surface area is 156 Å². The molecule has 7 nitrogen and oxygen atoms in total. The van der Waals surface area contributed by atoms with Crippen LogP contribution in [0.15, 0.2) is 18.2 Å². The average Bonchev–Trinajstić information content (AvgIpc) is 3.18. The second-order valence-corrected chi connectivity index (χ2v) is 7.24. The summed E-state index contributed by atoms with van der Waals surface area (Å²) in [5.74, 6) is 0.653. The van der Waals surface area contributed by atoms with Crippen LogP contribution >= 0.6 is 11.8 Å². The number of amides is 2. The highest BCUT2D eigenvalue weighted by atomic mass is 32.2. The van der Waals surface area contributed by atoms with E-state index in [1.165, 1.54) is 0 Å². The predicted octanol–water partition coefficient (Wildman–Crippen LogP) is 1.67. The summed E-state index contributed by atoms with van der Waals surface area (Å²) in [7, 11) is 0. The van der Waals surface area contributed by atoms with Crippen LogP contribution in [0.4, 0.5) is 5.82 Å². The van der Waals surface area contributed by atoms with Gasteiger partial charge in [0, 0.05) is 30.2 Å². The Morgan fingerprint density at radius 3 is 2.81 bits per heavy atom. The highest BCUT2D eigenvalue weighted by Gasteiger charge is 2.26. The molecule has 0 fully saturated rings. The molecule has 0 unspecified atom stereocenters. The second-order valence-electron chi connectivity index (χ2n) is 6.26. The normalized spacial score (nSPS) is 12.7. The Morgan fingerprint density at radius 1 is 1.27 bits per heavy atom. The van der Waals surface area contributed by atoms with Crippen LogP contribution in [0.1, 0.15) is 28.8 Å². The molecule has 0 saturated carbocycles. The summed E-state index contributed by atoms with van der Waals surface area (Å²) in [6.45, 7) is 4.24. The van der Waals surface area contributed by atoms with Crippen molar-refractivity contribution in [2.24, 2.45) is 0 Å². The summed E-state index contributed by atoms with van der Waals surface area (Å²) in [5, 5.41) is 18.7. The minimum Gasteiger partial charge on any atom is -0.396 e. The third kappa shape index (κ3) is 3.76. The topological polar surface area (TPSA) is 96.2 Å². The van der Waals surface area contributed by atoms with Crippen molar-refractivity contribution < 1.29 is 14.7 Å². The van der Waals surface area contributed by atoms with E-state index in [4.69, 9.17) is 5.11 Å². The van der Waals surface area contributed by atoms with Crippen LogP contribution in [-0.2, 0) is 21.1 Å². The number of thioether (sulfide) groups is 1. The summed E-state index contributed by atoms with van der Waals surface area (Å²) in [4.78, 5) is 24.3. The number of carbonyl (C=O) groups excluding carboxylic acids is 2. The van der Waals surface area contributed by atoms with Gasteiger partial charge in [0.2, 0.25) is 0 Å². The molecule has 8 heteroatoms. The van der Waals surface area contributed by atoms with Gasteiger partial charge < -0.3 is 15.7 Å². The summed E-state index contributed by atoms with van der Waals surface area (Å²) in [6.07, 6.45) is 0.408. The molecule has 0 aliphatic carbocycles. The van der Waals surface area contributed by atoms with Gasteiger partial charge in [-0.15, -0.1) is 0 Å². The van der Waals surface area contributed by atoms with E-state index < -0.39 is 11.8 Å². The maximum Gasteiger partial charge on any atom is 0.314 e. The second kappa shape index (κ2) is 7.92. The number of aromatic nitrogens is 2. The molecule has 2 aromatic rings. The molecule has 1 aliphatic heterocycles. The molecule has 0 bridgehead atoms. The number of benzene rings is 1. The molecule has 26 heavy (non-hydrogen) atoms. The smallest absolute Gasteiger partial charge is 0.314 e. The molecule has 138 valence electrons. The molecule has 3 N–H and O–H groups in total. The lowest BCUT2D eigenvalue weighted by molar-refractivity contribution is -0.136. The Hall–Kier alpha value is -2.32. The van der Waals surface area contributed by atoms with E-state index in [2.05, 4.69) is 21.8 Å². The van der Waals surface area contributed by atoms with Crippen LogP contribution in [-0.4, -0.2) is 39.9 Å². The fourth-order valence-electron chi connectivity index (χ4n) is 2.88. The van der Waals surface area contributed by atoms with Gasteiger partial charge in [-0.25, -0.2) is 4.68 Å². The van der Waals surface area contributed by atoms with Crippen molar-refractivity contribution in [3.05, 3.63) is 40.6 Å². The number of anilines is 1. The van der Waals surface area contributed by atoms with Gasteiger partial charge in [0.05, 0.1) is 11.4 Å². The van der Waals surface area contributed by atoms with E-state index in [1.54, 1.807) is 16.4 Å². The third-order valence-corrected chi connectivity index (χ3v) is 5.16. The van der Waals surface area contributed by atoms with Crippen molar-refractivity contribution in [1.29, 1.82) is 0 Å². The largest absolute Gasteiger partial charge is 0.396 e. The number of hydrogen-bond acceptors (Lipinski definition) is 5. The SMILES string of the molecule is Cc1ccc(-n2nc3c(c2NC(=O)C(=O)NCCCO)CSC3)c(C)c1. The number of aliphatic hydroxyl groups is 1. The lowest BCUT2D eigenvalue weighted by Gasteiger charge is -2.13. The first kappa shape index (κ1) is 18.5. The van der Waals surface area contributed by atoms with Crippen LogP contribution in [0, 0.1) is 13.8 Å². The molecule has 0 spiro atoms. The quantitative estimate of drug-likeness (QED) is 0.547. The summed E-state index contributed by atoms with van der Waals surface area (Å²) in [6, 6.07) is 6.03. The summed E-state index contributed by atoms with van der Waals surface area (Å²) >= 11 is 1.73. The van der Waals surface area contributed by atoms with E-state index in [-0.39, 0.29) is 13.2 Å². The van der Waals surface area contributed by atoms with Crippen molar-refractivity contribution in [1.82, 2.24) is 15.1 Å². The average molecular weight is 374 g/mol. The highest BCUT2D eigenvalue weighted by molar-refractivity contribution is 7.98. The Morgan fingerprint density at radius 2 is 2.08 bits per heavy atom. The van der Waals surface area contributed by atoms with Crippen molar-refractivity contribution in [2.45, 2.75) is 31.8 Å². The number of carbonyl (C=O) groups is 2. The molecule has 1 aromatic carbocycles. The van der Waals surface area contributed by atoms with Crippen molar-refractivity contribution in [3.63, 3.8) is 0 Å². The van der Waals surface area contributed by atoms with Crippen LogP contribution in [0.2, 0.25) is 0 Å². The molecule has 0 radical (unpaired) electrons. The lowest BCUT2D eigenvalue weighted by Crippen LogP contribution is -2.36. The zero-order valence-electron chi connectivity index (χ0n) is 14.8. The van der Waals surface area contributed by atoms with Gasteiger partial charge >= 0.3 is 11.8 Å². The number of aliphatic hydroxyl groups excluding tert-OH is 1. The summed E-state index contributed by atoms with van der Waals surface area (Å²) in [5.41, 5.74) is 4.97. The zero-order valence-corrected chi connectivity index (χ0v) is 15.7. The van der Waals surface area contributed by atoms with E-state index in [9.17, 15) is 9.59 Å². The Bertz CT molecular complexity index is 847. The number of nitrogens with zero attached hydrogens (tertiary/aromatic N) is 2. The molecular formula is C18H22N4O3S. The van der Waals surface area contributed by atoms with Crippen LogP contribution in [0.25, 0.3) is 5.69 Å². The van der Waals surface area contributed by atoms with Crippen molar-refractivity contribution >= 4 is 29.4 Å². The van der Waals surface area contributed by atoms with Gasteiger partial charge in [0.1, 0.15) is 5.82 Å². The van der Waals surface area contributed by atoms with Crippen molar-refractivity contribution in [2.75, 3.05) is 18.5 Å². The molecule has 2 heterocycles. The maximum absolute atomic E-state index is 12.3. The monoisotopic (exact) mass is 374 g/mol. The number of fused-ring (bicyclic) bond motifs is 1. The highest BCUT2D eigenvalue weighted by Crippen LogP contribution is 2.36. The van der Waals surface area contributed by atoms with Crippen LogP contribution in [0.5, 0.6) is 0 Å².